The second-order valence-corrected chi connectivity index (χ2v) is 8.31. The first kappa shape index (κ1) is 20.7. The number of ether oxygens (including phenoxy) is 1. The molecule has 0 amide bonds. The Bertz CT molecular complexity index is 368. The highest BCUT2D eigenvalue weighted by Gasteiger charge is 2.30. The predicted molar refractivity (Wildman–Crippen MR) is 110 cm³/mol. The van der Waals surface area contributed by atoms with E-state index in [0.717, 1.165) is 37.2 Å². The average Bonchev–Trinajstić information content (AvgIpc) is 2.66. The highest BCUT2D eigenvalue weighted by molar-refractivity contribution is 4.85. The van der Waals surface area contributed by atoms with E-state index in [9.17, 15) is 0 Å². The fraction of sp³-hybridized carbons (Fsp3) is 0.833. The molecule has 25 heavy (non-hydrogen) atoms. The van der Waals surface area contributed by atoms with Crippen LogP contribution >= 0.6 is 0 Å². The Labute approximate surface area is 157 Å². The van der Waals surface area contributed by atoms with Gasteiger partial charge in [-0.2, -0.15) is 0 Å². The van der Waals surface area contributed by atoms with Crippen molar-refractivity contribution in [2.75, 3.05) is 6.61 Å². The molecule has 2 aliphatic carbocycles. The van der Waals surface area contributed by atoms with Crippen LogP contribution in [-0.2, 0) is 4.74 Å². The van der Waals surface area contributed by atoms with E-state index in [1.165, 1.54) is 70.6 Å². The van der Waals surface area contributed by atoms with Crippen molar-refractivity contribution in [3.05, 3.63) is 24.3 Å². The second kappa shape index (κ2) is 12.7. The van der Waals surface area contributed by atoms with Gasteiger partial charge in [-0.1, -0.05) is 51.0 Å². The monoisotopic (exact) mass is 346 g/mol. The van der Waals surface area contributed by atoms with E-state index in [4.69, 9.17) is 4.74 Å². The first-order valence-electron chi connectivity index (χ1n) is 11.2. The van der Waals surface area contributed by atoms with Crippen LogP contribution in [0, 0.1) is 17.8 Å². The lowest BCUT2D eigenvalue weighted by atomic mass is 9.70. The van der Waals surface area contributed by atoms with Gasteiger partial charge in [-0.15, -0.1) is 0 Å². The Balaban J connectivity index is 1.56. The van der Waals surface area contributed by atoms with Crippen molar-refractivity contribution in [3.63, 3.8) is 0 Å². The highest BCUT2D eigenvalue weighted by Crippen LogP contribution is 2.41. The molecular weight excluding hydrogens is 304 g/mol. The summed E-state index contributed by atoms with van der Waals surface area (Å²) in [4.78, 5) is 0. The van der Waals surface area contributed by atoms with Crippen LogP contribution in [0.1, 0.15) is 97.3 Å². The van der Waals surface area contributed by atoms with E-state index in [2.05, 4.69) is 38.2 Å². The Morgan fingerprint density at radius 2 is 1.24 bits per heavy atom. The minimum atomic E-state index is 0.549. The Hall–Kier alpha value is -0.560. The van der Waals surface area contributed by atoms with E-state index < -0.39 is 0 Å². The van der Waals surface area contributed by atoms with Gasteiger partial charge in [-0.05, 0) is 88.4 Å². The summed E-state index contributed by atoms with van der Waals surface area (Å²) >= 11 is 0. The van der Waals surface area contributed by atoms with Crippen LogP contribution in [0.25, 0.3) is 0 Å². The van der Waals surface area contributed by atoms with Crippen LogP contribution in [0.2, 0.25) is 0 Å². The Kier molecular flexibility index (Phi) is 10.6. The van der Waals surface area contributed by atoms with Gasteiger partial charge in [0.05, 0.1) is 12.7 Å². The van der Waals surface area contributed by atoms with Gasteiger partial charge >= 0.3 is 0 Å². The molecule has 2 saturated carbocycles. The number of hydrogen-bond acceptors (Lipinski definition) is 1. The molecular formula is C24H42O. The summed E-state index contributed by atoms with van der Waals surface area (Å²) in [6.45, 7) is 5.34. The van der Waals surface area contributed by atoms with E-state index >= 15 is 0 Å². The lowest BCUT2D eigenvalue weighted by molar-refractivity contribution is 0.00912. The standard InChI is InChI=1S/C24H42O/c1-3-5-7-9-11-21-12-14-22(15-13-21)23-16-18-24(19-17-23)25-20-10-8-6-4-2/h5-8,21-24H,3-4,9-20H2,1-2H3/b7-5+,8-6-. The molecule has 1 heteroatoms. The molecule has 2 aliphatic rings. The van der Waals surface area contributed by atoms with Crippen molar-refractivity contribution in [2.24, 2.45) is 17.8 Å². The summed E-state index contributed by atoms with van der Waals surface area (Å²) in [7, 11) is 0. The molecule has 0 heterocycles. The molecule has 0 radical (unpaired) electrons. The number of allylic oxidation sites excluding steroid dienone is 3. The normalized spacial score (nSPS) is 31.1. The van der Waals surface area contributed by atoms with Gasteiger partial charge in [0.1, 0.15) is 0 Å². The maximum Gasteiger partial charge on any atom is 0.0575 e. The molecule has 2 rings (SSSR count). The van der Waals surface area contributed by atoms with E-state index in [-0.39, 0.29) is 0 Å². The topological polar surface area (TPSA) is 9.23 Å². The van der Waals surface area contributed by atoms with E-state index in [1.54, 1.807) is 0 Å². The van der Waals surface area contributed by atoms with Gasteiger partial charge in [-0.25, -0.2) is 0 Å². The third kappa shape index (κ3) is 8.11. The van der Waals surface area contributed by atoms with Gasteiger partial charge in [0, 0.05) is 0 Å². The number of rotatable bonds is 10. The SMILES string of the molecule is CC/C=C\CCOC1CCC(C2CCC(CC/C=C/CC)CC2)CC1. The zero-order valence-corrected chi connectivity index (χ0v) is 16.9. The minimum Gasteiger partial charge on any atom is -0.378 e. The van der Waals surface area contributed by atoms with Crippen LogP contribution in [0.3, 0.4) is 0 Å². The van der Waals surface area contributed by atoms with E-state index in [0.29, 0.717) is 6.10 Å². The molecule has 0 spiro atoms. The van der Waals surface area contributed by atoms with Gasteiger partial charge < -0.3 is 4.74 Å². The van der Waals surface area contributed by atoms with Crippen molar-refractivity contribution < 1.29 is 4.74 Å². The first-order valence-corrected chi connectivity index (χ1v) is 11.2. The molecule has 0 aromatic heterocycles. The summed E-state index contributed by atoms with van der Waals surface area (Å²) in [6, 6.07) is 0. The van der Waals surface area contributed by atoms with Crippen LogP contribution in [0.5, 0.6) is 0 Å². The number of hydrogen-bond donors (Lipinski definition) is 0. The quantitative estimate of drug-likeness (QED) is 0.294. The molecule has 0 aromatic rings. The van der Waals surface area contributed by atoms with Crippen LogP contribution in [0.15, 0.2) is 24.3 Å². The molecule has 2 fully saturated rings. The van der Waals surface area contributed by atoms with Crippen LogP contribution < -0.4 is 0 Å². The van der Waals surface area contributed by atoms with Gasteiger partial charge in [0.2, 0.25) is 0 Å². The molecule has 0 N–H and O–H groups in total. The predicted octanol–water partition coefficient (Wildman–Crippen LogP) is 7.47. The van der Waals surface area contributed by atoms with Crippen molar-refractivity contribution in [2.45, 2.75) is 103 Å². The largest absolute Gasteiger partial charge is 0.378 e. The molecule has 0 atom stereocenters. The fourth-order valence-electron chi connectivity index (χ4n) is 4.88. The lowest BCUT2D eigenvalue weighted by Gasteiger charge is -2.37. The zero-order chi connectivity index (χ0) is 17.7. The first-order chi connectivity index (χ1) is 12.3. The second-order valence-electron chi connectivity index (χ2n) is 8.31. The molecule has 1 nitrogen and oxygen atoms in total. The van der Waals surface area contributed by atoms with Gasteiger partial charge in [0.15, 0.2) is 0 Å². The maximum absolute atomic E-state index is 6.09. The summed E-state index contributed by atoms with van der Waals surface area (Å²) < 4.78 is 6.09. The third-order valence-electron chi connectivity index (χ3n) is 6.46. The summed E-state index contributed by atoms with van der Waals surface area (Å²) in [6.07, 6.45) is 27.4. The molecule has 0 saturated heterocycles. The molecule has 0 unspecified atom stereocenters. The Morgan fingerprint density at radius 1 is 0.680 bits per heavy atom. The maximum atomic E-state index is 6.09. The zero-order valence-electron chi connectivity index (χ0n) is 16.9. The van der Waals surface area contributed by atoms with E-state index in [1.807, 2.05) is 0 Å². The molecule has 0 bridgehead atoms. The minimum absolute atomic E-state index is 0.549. The lowest BCUT2D eigenvalue weighted by Crippen LogP contribution is -2.28. The fourth-order valence-corrected chi connectivity index (χ4v) is 4.88. The summed E-state index contributed by atoms with van der Waals surface area (Å²) in [5, 5.41) is 0. The van der Waals surface area contributed by atoms with Crippen molar-refractivity contribution in [3.8, 4) is 0 Å². The van der Waals surface area contributed by atoms with Crippen molar-refractivity contribution in [1.29, 1.82) is 0 Å². The third-order valence-corrected chi connectivity index (χ3v) is 6.46. The van der Waals surface area contributed by atoms with Gasteiger partial charge in [-0.3, -0.25) is 0 Å². The molecule has 0 aromatic carbocycles. The van der Waals surface area contributed by atoms with Crippen molar-refractivity contribution >= 4 is 0 Å². The summed E-state index contributed by atoms with van der Waals surface area (Å²) in [5.41, 5.74) is 0. The molecule has 144 valence electrons. The van der Waals surface area contributed by atoms with Crippen LogP contribution in [-0.4, -0.2) is 12.7 Å². The summed E-state index contributed by atoms with van der Waals surface area (Å²) in [5.74, 6) is 3.03. The smallest absolute Gasteiger partial charge is 0.0575 e. The molecule has 0 aliphatic heterocycles. The average molecular weight is 347 g/mol. The Morgan fingerprint density at radius 3 is 1.84 bits per heavy atom. The highest BCUT2D eigenvalue weighted by atomic mass is 16.5. The van der Waals surface area contributed by atoms with Crippen LogP contribution in [0.4, 0.5) is 0 Å². The van der Waals surface area contributed by atoms with Gasteiger partial charge in [0.25, 0.3) is 0 Å². The van der Waals surface area contributed by atoms with Crippen molar-refractivity contribution in [1.82, 2.24) is 0 Å².